The van der Waals surface area contributed by atoms with Gasteiger partial charge >= 0.3 is 6.09 Å². The Hall–Kier alpha value is -3.00. The summed E-state index contributed by atoms with van der Waals surface area (Å²) in [4.78, 5) is 38.2. The smallest absolute Gasteiger partial charge is 0.417 e. The lowest BCUT2D eigenvalue weighted by Crippen LogP contribution is -2.45. The molecule has 158 valence electrons. The summed E-state index contributed by atoms with van der Waals surface area (Å²) in [5, 5.41) is -1.43. The summed E-state index contributed by atoms with van der Waals surface area (Å²) in [6.07, 6.45) is 0.721. The molecule has 7 nitrogen and oxygen atoms in total. The predicted molar refractivity (Wildman–Crippen MR) is 114 cm³/mol. The van der Waals surface area contributed by atoms with Crippen LogP contribution in [0, 0.1) is 0 Å². The second-order valence-corrected chi connectivity index (χ2v) is 8.15. The molecule has 1 saturated heterocycles. The first kappa shape index (κ1) is 21.7. The predicted octanol–water partition coefficient (Wildman–Crippen LogP) is 3.40. The number of hydrogen-bond donors (Lipinski definition) is 1. The normalized spacial score (nSPS) is 16.8. The molecule has 0 radical (unpaired) electrons. The fourth-order valence-electron chi connectivity index (χ4n) is 3.39. The van der Waals surface area contributed by atoms with Gasteiger partial charge in [0.25, 0.3) is 5.24 Å². The van der Waals surface area contributed by atoms with Crippen LogP contribution in [0.25, 0.3) is 0 Å². The highest BCUT2D eigenvalue weighted by atomic mass is 32.2. The highest BCUT2D eigenvalue weighted by Gasteiger charge is 2.41. The Morgan fingerprint density at radius 3 is 2.50 bits per heavy atom. The Kier molecular flexibility index (Phi) is 7.35. The number of amides is 3. The lowest BCUT2D eigenvalue weighted by molar-refractivity contribution is -0.128. The number of methoxy groups -OCH3 is 1. The van der Waals surface area contributed by atoms with E-state index in [1.54, 1.807) is 7.11 Å². The first-order valence-electron chi connectivity index (χ1n) is 9.60. The zero-order valence-electron chi connectivity index (χ0n) is 16.7. The third-order valence-corrected chi connectivity index (χ3v) is 5.85. The number of primary amides is 1. The Morgan fingerprint density at radius 1 is 1.17 bits per heavy atom. The zero-order chi connectivity index (χ0) is 21.5. The molecule has 0 spiro atoms. The van der Waals surface area contributed by atoms with E-state index in [1.807, 2.05) is 54.6 Å². The van der Waals surface area contributed by atoms with E-state index in [0.29, 0.717) is 19.3 Å². The monoisotopic (exact) mass is 428 g/mol. The van der Waals surface area contributed by atoms with Gasteiger partial charge in [-0.25, -0.2) is 9.69 Å². The summed E-state index contributed by atoms with van der Waals surface area (Å²) in [5.74, 6) is 0.289. The molecular formula is C22H24N2O5S. The molecule has 2 aromatic rings. The Morgan fingerprint density at radius 2 is 1.87 bits per heavy atom. The number of benzene rings is 2. The average molecular weight is 429 g/mol. The number of thioether (sulfide) groups is 1. The van der Waals surface area contributed by atoms with E-state index in [0.717, 1.165) is 33.5 Å². The van der Waals surface area contributed by atoms with Crippen molar-refractivity contribution in [3.63, 3.8) is 0 Å². The standard InChI is InChI=1S/C22H24N2O5S/c1-28-18-10-7-15(8-11-18)9-12-19(30-21(23)26)20(25)24-17(14-29-22(24)27)13-16-5-3-2-4-6-16/h2-8,10-11,17,19H,9,12-14H2,1H3,(H2,23,26)/t17-,19-/m1/s1. The van der Waals surface area contributed by atoms with Crippen molar-refractivity contribution in [3.05, 3.63) is 65.7 Å². The van der Waals surface area contributed by atoms with Gasteiger partial charge < -0.3 is 15.2 Å². The van der Waals surface area contributed by atoms with Crippen LogP contribution in [0.5, 0.6) is 5.75 Å². The second kappa shape index (κ2) is 10.2. The van der Waals surface area contributed by atoms with E-state index in [9.17, 15) is 14.4 Å². The second-order valence-electron chi connectivity index (χ2n) is 6.94. The van der Waals surface area contributed by atoms with Crippen molar-refractivity contribution in [2.75, 3.05) is 13.7 Å². The molecule has 30 heavy (non-hydrogen) atoms. The number of nitrogens with two attached hydrogens (primary N) is 1. The summed E-state index contributed by atoms with van der Waals surface area (Å²) in [7, 11) is 1.59. The van der Waals surface area contributed by atoms with E-state index >= 15 is 0 Å². The minimum atomic E-state index is -0.770. The molecule has 0 aliphatic carbocycles. The van der Waals surface area contributed by atoms with Crippen molar-refractivity contribution >= 4 is 29.0 Å². The Balaban J connectivity index is 1.71. The number of hydrogen-bond acceptors (Lipinski definition) is 6. The SMILES string of the molecule is COc1ccc(CC[C@@H](SC(N)=O)C(=O)N2C(=O)OC[C@H]2Cc2ccccc2)cc1. The van der Waals surface area contributed by atoms with Gasteiger partial charge in [0.05, 0.1) is 18.4 Å². The number of aryl methyl sites for hydroxylation is 1. The molecule has 2 N–H and O–H groups in total. The van der Waals surface area contributed by atoms with Gasteiger partial charge in [0.15, 0.2) is 0 Å². The number of carbonyl (C=O) groups is 3. The third-order valence-electron chi connectivity index (χ3n) is 4.90. The molecule has 0 unspecified atom stereocenters. The summed E-state index contributed by atoms with van der Waals surface area (Å²) >= 11 is 0.747. The topological polar surface area (TPSA) is 98.9 Å². The number of carbonyl (C=O) groups excluding carboxylic acids is 3. The van der Waals surface area contributed by atoms with Crippen LogP contribution in [0.1, 0.15) is 17.5 Å². The molecule has 1 fully saturated rings. The van der Waals surface area contributed by atoms with Crippen LogP contribution >= 0.6 is 11.8 Å². The Labute approximate surface area is 179 Å². The first-order valence-corrected chi connectivity index (χ1v) is 10.5. The van der Waals surface area contributed by atoms with Crippen molar-refractivity contribution in [2.24, 2.45) is 5.73 Å². The molecule has 3 rings (SSSR count). The van der Waals surface area contributed by atoms with E-state index in [1.165, 1.54) is 0 Å². The number of rotatable bonds is 8. The van der Waals surface area contributed by atoms with Crippen molar-refractivity contribution < 1.29 is 23.9 Å². The molecule has 0 bridgehead atoms. The maximum atomic E-state index is 13.2. The van der Waals surface area contributed by atoms with E-state index in [-0.39, 0.29) is 6.61 Å². The molecule has 2 atom stereocenters. The van der Waals surface area contributed by atoms with Crippen LogP contribution in [0.4, 0.5) is 9.59 Å². The van der Waals surface area contributed by atoms with E-state index in [4.69, 9.17) is 15.2 Å². The van der Waals surface area contributed by atoms with Gasteiger partial charge in [0.2, 0.25) is 5.91 Å². The van der Waals surface area contributed by atoms with Gasteiger partial charge in [-0.3, -0.25) is 9.59 Å². The summed E-state index contributed by atoms with van der Waals surface area (Å²) in [6, 6.07) is 16.6. The molecular weight excluding hydrogens is 404 g/mol. The zero-order valence-corrected chi connectivity index (χ0v) is 17.5. The van der Waals surface area contributed by atoms with Crippen LogP contribution in [0.3, 0.4) is 0 Å². The summed E-state index contributed by atoms with van der Waals surface area (Å²) in [5.41, 5.74) is 7.34. The van der Waals surface area contributed by atoms with Gasteiger partial charge in [-0.05, 0) is 42.5 Å². The lowest BCUT2D eigenvalue weighted by atomic mass is 10.0. The van der Waals surface area contributed by atoms with Gasteiger partial charge in [0, 0.05) is 0 Å². The van der Waals surface area contributed by atoms with Gasteiger partial charge in [-0.2, -0.15) is 0 Å². The minimum absolute atomic E-state index is 0.131. The minimum Gasteiger partial charge on any atom is -0.497 e. The maximum absolute atomic E-state index is 13.2. The Bertz CT molecular complexity index is 888. The van der Waals surface area contributed by atoms with Crippen molar-refractivity contribution in [3.8, 4) is 5.75 Å². The molecule has 8 heteroatoms. The fraction of sp³-hybridized carbons (Fsp3) is 0.318. The maximum Gasteiger partial charge on any atom is 0.417 e. The van der Waals surface area contributed by atoms with Crippen LogP contribution in [0.15, 0.2) is 54.6 Å². The summed E-state index contributed by atoms with van der Waals surface area (Å²) in [6.45, 7) is 0.131. The van der Waals surface area contributed by atoms with Crippen LogP contribution in [0.2, 0.25) is 0 Å². The first-order chi connectivity index (χ1) is 14.5. The number of ether oxygens (including phenoxy) is 2. The van der Waals surface area contributed by atoms with Gasteiger partial charge in [-0.1, -0.05) is 54.2 Å². The van der Waals surface area contributed by atoms with Crippen LogP contribution < -0.4 is 10.5 Å². The summed E-state index contributed by atoms with van der Waals surface area (Å²) < 4.78 is 10.3. The van der Waals surface area contributed by atoms with E-state index < -0.39 is 28.5 Å². The third kappa shape index (κ3) is 5.54. The van der Waals surface area contributed by atoms with Crippen molar-refractivity contribution in [2.45, 2.75) is 30.6 Å². The number of imide groups is 1. The number of nitrogens with zero attached hydrogens (tertiary/aromatic N) is 1. The van der Waals surface area contributed by atoms with Crippen molar-refractivity contribution in [1.82, 2.24) is 4.90 Å². The van der Waals surface area contributed by atoms with E-state index in [2.05, 4.69) is 0 Å². The molecule has 1 heterocycles. The fourth-order valence-corrected chi connectivity index (χ4v) is 4.12. The molecule has 1 aliphatic rings. The molecule has 0 aromatic heterocycles. The quantitative estimate of drug-likeness (QED) is 0.692. The molecule has 0 saturated carbocycles. The average Bonchev–Trinajstić information content (AvgIpc) is 3.11. The molecule has 3 amide bonds. The largest absolute Gasteiger partial charge is 0.497 e. The number of cyclic esters (lactones) is 1. The highest BCUT2D eigenvalue weighted by Crippen LogP contribution is 2.26. The van der Waals surface area contributed by atoms with Crippen LogP contribution in [-0.2, 0) is 22.4 Å². The van der Waals surface area contributed by atoms with Crippen molar-refractivity contribution in [1.29, 1.82) is 0 Å². The van der Waals surface area contributed by atoms with Gasteiger partial charge in [0.1, 0.15) is 12.4 Å². The van der Waals surface area contributed by atoms with Gasteiger partial charge in [-0.15, -0.1) is 0 Å². The lowest BCUT2D eigenvalue weighted by Gasteiger charge is -2.24. The van der Waals surface area contributed by atoms with Crippen LogP contribution in [-0.4, -0.2) is 47.1 Å². The molecule has 1 aliphatic heterocycles. The highest BCUT2D eigenvalue weighted by molar-refractivity contribution is 8.14. The molecule has 2 aromatic carbocycles.